The Morgan fingerprint density at radius 2 is 2.30 bits per heavy atom. The molecule has 0 spiro atoms. The summed E-state index contributed by atoms with van der Waals surface area (Å²) >= 11 is -2.23. The first-order valence-electron chi connectivity index (χ1n) is 2.66. The van der Waals surface area contributed by atoms with Gasteiger partial charge in [0.1, 0.15) is 0 Å². The van der Waals surface area contributed by atoms with Crippen molar-refractivity contribution in [1.82, 2.24) is 5.06 Å². The molecule has 0 rings (SSSR count). The number of rotatable bonds is 5. The van der Waals surface area contributed by atoms with E-state index < -0.39 is 11.4 Å². The summed E-state index contributed by atoms with van der Waals surface area (Å²) in [4.78, 5) is 0. The molecular weight excluding hydrogens is 158 g/mol. The van der Waals surface area contributed by atoms with Crippen LogP contribution in [0.4, 0.5) is 0 Å². The number of likely N-dealkylation sites (N-methyl/N-ethyl adjacent to an activating group) is 1. The van der Waals surface area contributed by atoms with Gasteiger partial charge in [-0.25, -0.2) is 0 Å². The maximum absolute atomic E-state index is 9.98. The zero-order chi connectivity index (χ0) is 7.98. The van der Waals surface area contributed by atoms with Crippen molar-refractivity contribution in [2.45, 2.75) is 0 Å². The molecule has 10 heavy (non-hydrogen) atoms. The molecule has 1 N–H and O–H groups in total. The smallest absolute Gasteiger partial charge is 0.319 e. The maximum Gasteiger partial charge on any atom is 0.319 e. The van der Waals surface area contributed by atoms with E-state index in [1.165, 1.54) is 5.06 Å². The number of methoxy groups -OCH3 is 1. The van der Waals surface area contributed by atoms with Crippen molar-refractivity contribution in [2.75, 3.05) is 27.3 Å². The van der Waals surface area contributed by atoms with Gasteiger partial charge >= 0.3 is 11.4 Å². The minimum Gasteiger partial charge on any atom is -0.383 e. The van der Waals surface area contributed by atoms with E-state index in [4.69, 9.17) is 9.29 Å². The maximum atomic E-state index is 9.98. The van der Waals surface area contributed by atoms with Crippen molar-refractivity contribution >= 4 is 11.4 Å². The van der Waals surface area contributed by atoms with Gasteiger partial charge in [0.15, 0.2) is 0 Å². The van der Waals surface area contributed by atoms with Gasteiger partial charge in [0, 0.05) is 20.7 Å². The van der Waals surface area contributed by atoms with Gasteiger partial charge < -0.3 is 4.74 Å². The summed E-state index contributed by atoms with van der Waals surface area (Å²) in [7, 11) is 3.09. The summed E-state index contributed by atoms with van der Waals surface area (Å²) < 4.78 is 27.2. The average Bonchev–Trinajstić information content (AvgIpc) is 1.82. The first-order chi connectivity index (χ1) is 4.66. The molecule has 0 amide bonds. The van der Waals surface area contributed by atoms with Gasteiger partial charge in [0.2, 0.25) is 0 Å². The molecule has 0 heterocycles. The van der Waals surface area contributed by atoms with Crippen molar-refractivity contribution in [3.8, 4) is 0 Å². The third-order valence-electron chi connectivity index (χ3n) is 0.801. The Bertz CT molecular complexity index is 109. The van der Waals surface area contributed by atoms with Crippen molar-refractivity contribution < 1.29 is 17.8 Å². The van der Waals surface area contributed by atoms with Gasteiger partial charge in [-0.15, -0.1) is 0 Å². The molecule has 0 aromatic heterocycles. The Balaban J connectivity index is 3.25. The summed E-state index contributed by atoms with van der Waals surface area (Å²) in [5.41, 5.74) is 0. The van der Waals surface area contributed by atoms with Crippen LogP contribution in [0.1, 0.15) is 0 Å². The van der Waals surface area contributed by atoms with Crippen LogP contribution >= 0.6 is 0 Å². The molecule has 0 aromatic carbocycles. The van der Waals surface area contributed by atoms with E-state index in [2.05, 4.69) is 4.28 Å². The third kappa shape index (κ3) is 6.12. The van der Waals surface area contributed by atoms with E-state index in [-0.39, 0.29) is 0 Å². The van der Waals surface area contributed by atoms with Crippen molar-refractivity contribution in [3.63, 3.8) is 0 Å². The molecule has 0 aliphatic rings. The number of hydroxylamine groups is 2. The van der Waals surface area contributed by atoms with Crippen LogP contribution in [0.5, 0.6) is 0 Å². The Labute approximate surface area is 62.4 Å². The molecule has 6 heteroatoms. The summed E-state index contributed by atoms with van der Waals surface area (Å²) in [5, 5.41) is 1.24. The van der Waals surface area contributed by atoms with Gasteiger partial charge in [0.25, 0.3) is 0 Å². The van der Waals surface area contributed by atoms with E-state index in [0.717, 1.165) is 0 Å². The predicted octanol–water partition coefficient (Wildman–Crippen LogP) is -0.367. The average molecular weight is 169 g/mol. The highest BCUT2D eigenvalue weighted by Crippen LogP contribution is 1.86. The van der Waals surface area contributed by atoms with Crippen LogP contribution in [0.3, 0.4) is 0 Å². The lowest BCUT2D eigenvalue weighted by Gasteiger charge is -2.11. The first kappa shape index (κ1) is 9.99. The Morgan fingerprint density at radius 3 is 2.70 bits per heavy atom. The Morgan fingerprint density at radius 1 is 1.70 bits per heavy atom. The highest BCUT2D eigenvalue weighted by atomic mass is 32.2. The van der Waals surface area contributed by atoms with E-state index in [9.17, 15) is 4.21 Å². The molecule has 1 unspecified atom stereocenters. The van der Waals surface area contributed by atoms with Gasteiger partial charge in [0.05, 0.1) is 6.61 Å². The lowest BCUT2D eigenvalue weighted by molar-refractivity contribution is -0.0409. The molecule has 0 bridgehead atoms. The van der Waals surface area contributed by atoms with Crippen molar-refractivity contribution in [3.05, 3.63) is 0 Å². The second kappa shape index (κ2) is 5.75. The number of ether oxygens (including phenoxy) is 1. The van der Waals surface area contributed by atoms with Crippen LogP contribution in [-0.2, 0) is 20.4 Å². The molecule has 62 valence electrons. The summed E-state index contributed by atoms with van der Waals surface area (Å²) in [5.74, 6) is 0. The fraction of sp³-hybridized carbons (Fsp3) is 1.00. The summed E-state index contributed by atoms with van der Waals surface area (Å²) in [6, 6.07) is 0. The molecule has 0 aliphatic carbocycles. The van der Waals surface area contributed by atoms with Gasteiger partial charge in [-0.2, -0.15) is 13.6 Å². The predicted molar refractivity (Wildman–Crippen MR) is 36.4 cm³/mol. The van der Waals surface area contributed by atoms with Gasteiger partial charge in [-0.3, -0.25) is 4.55 Å². The van der Waals surface area contributed by atoms with Crippen molar-refractivity contribution in [1.29, 1.82) is 0 Å². The Kier molecular flexibility index (Phi) is 5.74. The van der Waals surface area contributed by atoms with Crippen LogP contribution in [0.2, 0.25) is 0 Å². The molecule has 0 aliphatic heterocycles. The van der Waals surface area contributed by atoms with Crippen LogP contribution < -0.4 is 0 Å². The van der Waals surface area contributed by atoms with E-state index in [0.29, 0.717) is 13.2 Å². The number of hydrogen-bond acceptors (Lipinski definition) is 4. The zero-order valence-corrected chi connectivity index (χ0v) is 6.76. The lowest BCUT2D eigenvalue weighted by atomic mass is 10.7. The normalized spacial score (nSPS) is 14.0. The van der Waals surface area contributed by atoms with Crippen LogP contribution in [0.15, 0.2) is 0 Å². The quantitative estimate of drug-likeness (QED) is 0.449. The largest absolute Gasteiger partial charge is 0.383 e. The van der Waals surface area contributed by atoms with Crippen LogP contribution in [-0.4, -0.2) is 41.1 Å². The summed E-state index contributed by atoms with van der Waals surface area (Å²) in [6.07, 6.45) is 0. The van der Waals surface area contributed by atoms with E-state index in [1.807, 2.05) is 0 Å². The minimum atomic E-state index is -2.23. The van der Waals surface area contributed by atoms with Crippen LogP contribution in [0.25, 0.3) is 0 Å². The molecule has 0 saturated carbocycles. The zero-order valence-electron chi connectivity index (χ0n) is 5.94. The van der Waals surface area contributed by atoms with Crippen molar-refractivity contribution in [2.24, 2.45) is 0 Å². The molecule has 1 atom stereocenters. The molecule has 0 fully saturated rings. The second-order valence-corrected chi connectivity index (χ2v) is 2.22. The van der Waals surface area contributed by atoms with Crippen LogP contribution in [0, 0.1) is 0 Å². The summed E-state index contributed by atoms with van der Waals surface area (Å²) in [6.45, 7) is 0.927. The second-order valence-electron chi connectivity index (χ2n) is 1.64. The topological polar surface area (TPSA) is 59.0 Å². The molecule has 0 aromatic rings. The molecule has 5 nitrogen and oxygen atoms in total. The molecule has 0 radical (unpaired) electrons. The van der Waals surface area contributed by atoms with E-state index >= 15 is 0 Å². The number of nitrogens with zero attached hydrogens (tertiary/aromatic N) is 1. The van der Waals surface area contributed by atoms with Gasteiger partial charge in [-0.1, -0.05) is 0 Å². The number of hydrogen-bond donors (Lipinski definition) is 1. The monoisotopic (exact) mass is 169 g/mol. The minimum absolute atomic E-state index is 0.461. The highest BCUT2D eigenvalue weighted by molar-refractivity contribution is 7.74. The third-order valence-corrected chi connectivity index (χ3v) is 1.18. The fourth-order valence-electron chi connectivity index (χ4n) is 0.366. The lowest BCUT2D eigenvalue weighted by Crippen LogP contribution is -2.23. The van der Waals surface area contributed by atoms with E-state index in [1.54, 1.807) is 14.2 Å². The SMILES string of the molecule is COCCN(C)OS(=O)O. The standard InChI is InChI=1S/C4H11NO4S/c1-5(3-4-8-2)9-10(6)7/h3-4H2,1-2H3,(H,6,7). The first-order valence-corrected chi connectivity index (χ1v) is 3.69. The Hall–Kier alpha value is -0.0100. The molecular formula is C4H11NO4S. The van der Waals surface area contributed by atoms with Gasteiger partial charge in [-0.05, 0) is 0 Å². The fourth-order valence-corrected chi connectivity index (χ4v) is 0.658. The highest BCUT2D eigenvalue weighted by Gasteiger charge is 2.00. The molecule has 0 saturated heterocycles.